The van der Waals surface area contributed by atoms with Crippen molar-refractivity contribution in [1.29, 1.82) is 0 Å². The van der Waals surface area contributed by atoms with E-state index >= 15 is 0 Å². The summed E-state index contributed by atoms with van der Waals surface area (Å²) in [7, 11) is 0. The lowest BCUT2D eigenvalue weighted by molar-refractivity contribution is 0.446. The van der Waals surface area contributed by atoms with Crippen LogP contribution in [0.25, 0.3) is 20.4 Å². The van der Waals surface area contributed by atoms with Gasteiger partial charge in [-0.05, 0) is 37.3 Å². The Labute approximate surface area is 172 Å². The van der Waals surface area contributed by atoms with Crippen LogP contribution in [-0.2, 0) is 6.42 Å². The van der Waals surface area contributed by atoms with Crippen LogP contribution < -0.4 is 10.9 Å². The predicted octanol–water partition coefficient (Wildman–Crippen LogP) is 4.94. The molecule has 5 nitrogen and oxygen atoms in total. The van der Waals surface area contributed by atoms with Gasteiger partial charge in [0.05, 0.1) is 17.2 Å². The lowest BCUT2D eigenvalue weighted by Crippen LogP contribution is -2.25. The van der Waals surface area contributed by atoms with Crippen molar-refractivity contribution in [1.82, 2.24) is 14.5 Å². The fourth-order valence-electron chi connectivity index (χ4n) is 3.99. The molecule has 29 heavy (non-hydrogen) atoms. The van der Waals surface area contributed by atoms with Crippen molar-refractivity contribution >= 4 is 37.5 Å². The maximum Gasteiger partial charge on any atom is 0.271 e. The molecule has 3 heterocycles. The number of anilines is 1. The number of hydrogen-bond acceptors (Lipinski definition) is 5. The van der Waals surface area contributed by atoms with Crippen molar-refractivity contribution in [2.75, 3.05) is 11.9 Å². The van der Waals surface area contributed by atoms with Gasteiger partial charge in [0.1, 0.15) is 9.53 Å². The van der Waals surface area contributed by atoms with Crippen LogP contribution in [-0.4, -0.2) is 21.1 Å². The number of thiophene rings is 1. The van der Waals surface area contributed by atoms with E-state index in [1.165, 1.54) is 16.9 Å². The van der Waals surface area contributed by atoms with Crippen LogP contribution in [0.1, 0.15) is 30.9 Å². The highest BCUT2D eigenvalue weighted by molar-refractivity contribution is 7.25. The topological polar surface area (TPSA) is 59.8 Å². The first-order valence-corrected chi connectivity index (χ1v) is 10.8. The number of aromatic nitrogens is 3. The number of allylic oxidation sites excluding steroid dienone is 2. The molecule has 0 amide bonds. The Balaban J connectivity index is 1.49. The standard InChI is InChI=1S/C23H22N4OS/c28-23-21-20(26-15-27(23)17-9-5-2-6-10-17)19-18(12-14-25-22(19)29-21)24-13-11-16-7-3-1-4-8-16/h1-5,7-8,12,14-15,17H,6,9-11,13H2,(H,24,25). The molecule has 1 aliphatic carbocycles. The molecule has 0 bridgehead atoms. The fraction of sp³-hybridized carbons (Fsp3) is 0.261. The summed E-state index contributed by atoms with van der Waals surface area (Å²) < 4.78 is 2.51. The minimum atomic E-state index is 0.0496. The van der Waals surface area contributed by atoms with Crippen LogP contribution in [0.15, 0.2) is 65.9 Å². The van der Waals surface area contributed by atoms with Crippen LogP contribution in [0.5, 0.6) is 0 Å². The van der Waals surface area contributed by atoms with Crippen molar-refractivity contribution in [3.63, 3.8) is 0 Å². The number of fused-ring (bicyclic) bond motifs is 3. The second kappa shape index (κ2) is 7.79. The average Bonchev–Trinajstić information content (AvgIpc) is 3.16. The quantitative estimate of drug-likeness (QED) is 0.480. The SMILES string of the molecule is O=c1c2sc3nccc(NCCc4ccccc4)c3c2ncn1C1CC=CCC1. The van der Waals surface area contributed by atoms with Crippen molar-refractivity contribution < 1.29 is 0 Å². The number of nitrogens with one attached hydrogen (secondary N) is 1. The summed E-state index contributed by atoms with van der Waals surface area (Å²) in [6, 6.07) is 12.6. The van der Waals surface area contributed by atoms with Gasteiger partial charge < -0.3 is 5.32 Å². The third-order valence-electron chi connectivity index (χ3n) is 5.51. The summed E-state index contributed by atoms with van der Waals surface area (Å²) in [4.78, 5) is 23.2. The number of rotatable bonds is 5. The molecular weight excluding hydrogens is 380 g/mol. The van der Waals surface area contributed by atoms with Crippen molar-refractivity contribution in [2.24, 2.45) is 0 Å². The van der Waals surface area contributed by atoms with Gasteiger partial charge in [-0.25, -0.2) is 9.97 Å². The minimum absolute atomic E-state index is 0.0496. The largest absolute Gasteiger partial charge is 0.384 e. The summed E-state index contributed by atoms with van der Waals surface area (Å²) in [6.45, 7) is 0.811. The van der Waals surface area contributed by atoms with Gasteiger partial charge in [0.25, 0.3) is 5.56 Å². The van der Waals surface area contributed by atoms with Crippen LogP contribution in [0.4, 0.5) is 5.69 Å². The summed E-state index contributed by atoms with van der Waals surface area (Å²) in [6.07, 6.45) is 11.7. The van der Waals surface area contributed by atoms with Gasteiger partial charge in [0, 0.05) is 24.5 Å². The van der Waals surface area contributed by atoms with Crippen molar-refractivity contribution in [3.05, 3.63) is 77.0 Å². The highest BCUT2D eigenvalue weighted by Crippen LogP contribution is 2.34. The van der Waals surface area contributed by atoms with Crippen LogP contribution in [0.3, 0.4) is 0 Å². The molecule has 0 saturated heterocycles. The number of nitrogens with zero attached hydrogens (tertiary/aromatic N) is 3. The maximum atomic E-state index is 13.2. The van der Waals surface area contributed by atoms with Gasteiger partial charge in [-0.1, -0.05) is 42.5 Å². The van der Waals surface area contributed by atoms with Crippen molar-refractivity contribution in [3.8, 4) is 0 Å². The van der Waals surface area contributed by atoms with Gasteiger partial charge in [0.15, 0.2) is 0 Å². The Hall–Kier alpha value is -2.99. The minimum Gasteiger partial charge on any atom is -0.384 e. The van der Waals surface area contributed by atoms with E-state index in [2.05, 4.69) is 46.7 Å². The summed E-state index contributed by atoms with van der Waals surface area (Å²) in [5.41, 5.74) is 3.09. The van der Waals surface area contributed by atoms with E-state index in [0.717, 1.165) is 53.6 Å². The van der Waals surface area contributed by atoms with Crippen LogP contribution in [0, 0.1) is 0 Å². The molecule has 0 aliphatic heterocycles. The van der Waals surface area contributed by atoms with E-state index in [9.17, 15) is 4.79 Å². The molecule has 4 aromatic rings. The Morgan fingerprint density at radius 2 is 2.03 bits per heavy atom. The van der Waals surface area contributed by atoms with Crippen molar-refractivity contribution in [2.45, 2.75) is 31.7 Å². The van der Waals surface area contributed by atoms with Gasteiger partial charge in [-0.15, -0.1) is 11.3 Å². The van der Waals surface area contributed by atoms with Gasteiger partial charge in [-0.3, -0.25) is 9.36 Å². The summed E-state index contributed by atoms with van der Waals surface area (Å²) in [5.74, 6) is 0. The van der Waals surface area contributed by atoms with Gasteiger partial charge >= 0.3 is 0 Å². The smallest absolute Gasteiger partial charge is 0.271 e. The second-order valence-electron chi connectivity index (χ2n) is 7.38. The lowest BCUT2D eigenvalue weighted by atomic mass is 10.0. The molecule has 0 spiro atoms. The molecule has 0 fully saturated rings. The summed E-state index contributed by atoms with van der Waals surface area (Å²) in [5, 5.41) is 4.47. The molecule has 0 radical (unpaired) electrons. The predicted molar refractivity (Wildman–Crippen MR) is 120 cm³/mol. The monoisotopic (exact) mass is 402 g/mol. The Morgan fingerprint density at radius 3 is 2.86 bits per heavy atom. The first-order valence-electron chi connectivity index (χ1n) is 10.0. The molecule has 5 rings (SSSR count). The van der Waals surface area contributed by atoms with Gasteiger partial charge in [-0.2, -0.15) is 0 Å². The highest BCUT2D eigenvalue weighted by Gasteiger charge is 2.19. The first-order chi connectivity index (χ1) is 14.3. The number of hydrogen-bond donors (Lipinski definition) is 1. The molecule has 1 aliphatic rings. The third kappa shape index (κ3) is 3.44. The van der Waals surface area contributed by atoms with E-state index in [0.29, 0.717) is 4.70 Å². The van der Waals surface area contributed by atoms with E-state index in [1.807, 2.05) is 16.7 Å². The third-order valence-corrected chi connectivity index (χ3v) is 6.59. The number of pyridine rings is 1. The Kier molecular flexibility index (Phi) is 4.86. The molecule has 1 aromatic carbocycles. The van der Waals surface area contributed by atoms with E-state index < -0.39 is 0 Å². The maximum absolute atomic E-state index is 13.2. The Morgan fingerprint density at radius 1 is 1.14 bits per heavy atom. The molecule has 3 aromatic heterocycles. The van der Waals surface area contributed by atoms with E-state index in [-0.39, 0.29) is 11.6 Å². The molecule has 0 saturated carbocycles. The first kappa shape index (κ1) is 18.1. The lowest BCUT2D eigenvalue weighted by Gasteiger charge is -2.19. The van der Waals surface area contributed by atoms with E-state index in [4.69, 9.17) is 4.98 Å². The van der Waals surface area contributed by atoms with Gasteiger partial charge in [0.2, 0.25) is 0 Å². The zero-order valence-electron chi connectivity index (χ0n) is 16.0. The van der Waals surface area contributed by atoms with Crippen LogP contribution >= 0.6 is 11.3 Å². The van der Waals surface area contributed by atoms with E-state index in [1.54, 1.807) is 12.5 Å². The molecule has 1 unspecified atom stereocenters. The average molecular weight is 403 g/mol. The van der Waals surface area contributed by atoms with Crippen LogP contribution in [0.2, 0.25) is 0 Å². The molecular formula is C23H22N4OS. The molecule has 1 atom stereocenters. The zero-order valence-corrected chi connectivity index (χ0v) is 16.9. The summed E-state index contributed by atoms with van der Waals surface area (Å²) >= 11 is 1.45. The molecule has 6 heteroatoms. The fourth-order valence-corrected chi connectivity index (χ4v) is 5.05. The normalized spacial score (nSPS) is 16.5. The zero-order chi connectivity index (χ0) is 19.6. The molecule has 146 valence electrons. The Bertz CT molecular complexity index is 1240. The second-order valence-corrected chi connectivity index (χ2v) is 8.38. The highest BCUT2D eigenvalue weighted by atomic mass is 32.1. The number of benzene rings is 1. The molecule has 1 N–H and O–H groups in total.